The molecule has 1 aromatic rings. The van der Waals surface area contributed by atoms with Crippen LogP contribution in [0.15, 0.2) is 12.4 Å². The first kappa shape index (κ1) is 16.6. The van der Waals surface area contributed by atoms with Gasteiger partial charge in [0.1, 0.15) is 12.1 Å². The van der Waals surface area contributed by atoms with E-state index in [1.54, 1.807) is 6.33 Å². The third-order valence-corrected chi connectivity index (χ3v) is 6.94. The fraction of sp³-hybridized carbons (Fsp3) is 0.750. The number of likely N-dealkylation sites (tertiary alicyclic amines) is 1. The van der Waals surface area contributed by atoms with Crippen LogP contribution in [0.3, 0.4) is 0 Å². The Bertz CT molecular complexity index is 641. The third kappa shape index (κ3) is 4.20. The van der Waals surface area contributed by atoms with E-state index in [2.05, 4.69) is 26.8 Å². The smallest absolute Gasteiger partial charge is 0.150 e. The lowest BCUT2D eigenvalue weighted by Gasteiger charge is -2.38. The number of hydrogen-bond acceptors (Lipinski definition) is 6. The summed E-state index contributed by atoms with van der Waals surface area (Å²) >= 11 is 0. The van der Waals surface area contributed by atoms with Gasteiger partial charge in [-0.3, -0.25) is 0 Å². The lowest BCUT2D eigenvalue weighted by Crippen LogP contribution is -2.45. The van der Waals surface area contributed by atoms with Crippen LogP contribution in [0.2, 0.25) is 0 Å². The van der Waals surface area contributed by atoms with Crippen LogP contribution in [0, 0.1) is 12.8 Å². The summed E-state index contributed by atoms with van der Waals surface area (Å²) in [5, 5.41) is 0. The average Bonchev–Trinajstić information content (AvgIpc) is 2.86. The predicted octanol–water partition coefficient (Wildman–Crippen LogP) is 1.12. The van der Waals surface area contributed by atoms with Crippen molar-refractivity contribution in [2.75, 3.05) is 43.1 Å². The third-order valence-electron chi connectivity index (χ3n) is 5.10. The van der Waals surface area contributed by atoms with Gasteiger partial charge in [0.05, 0.1) is 11.5 Å². The monoisotopic (exact) mass is 338 g/mol. The summed E-state index contributed by atoms with van der Waals surface area (Å²) in [5.74, 6) is 2.08. The van der Waals surface area contributed by atoms with E-state index in [4.69, 9.17) is 0 Å². The molecule has 2 aliphatic heterocycles. The van der Waals surface area contributed by atoms with Gasteiger partial charge in [-0.05, 0) is 32.1 Å². The first-order valence-corrected chi connectivity index (χ1v) is 10.2. The molecule has 2 aliphatic rings. The molecule has 2 saturated heterocycles. The number of aromatic nitrogens is 2. The molecular weight excluding hydrogens is 312 g/mol. The Morgan fingerprint density at radius 1 is 1.26 bits per heavy atom. The van der Waals surface area contributed by atoms with Gasteiger partial charge in [0.15, 0.2) is 9.84 Å². The van der Waals surface area contributed by atoms with Crippen molar-refractivity contribution in [3.63, 3.8) is 0 Å². The number of hydrogen-bond donors (Lipinski definition) is 0. The highest BCUT2D eigenvalue weighted by molar-refractivity contribution is 7.91. The molecule has 0 spiro atoms. The quantitative estimate of drug-likeness (QED) is 0.820. The zero-order chi connectivity index (χ0) is 16.4. The maximum absolute atomic E-state index is 11.6. The van der Waals surface area contributed by atoms with Crippen molar-refractivity contribution in [3.05, 3.63) is 18.1 Å². The lowest BCUT2D eigenvalue weighted by atomic mass is 10.0. The molecule has 7 heteroatoms. The van der Waals surface area contributed by atoms with Crippen molar-refractivity contribution in [1.82, 2.24) is 14.9 Å². The summed E-state index contributed by atoms with van der Waals surface area (Å²) in [5.41, 5.74) is 0.988. The molecule has 0 radical (unpaired) electrons. The van der Waals surface area contributed by atoms with Crippen molar-refractivity contribution < 1.29 is 8.42 Å². The molecule has 3 rings (SSSR count). The molecular formula is C16H26N4O2S. The van der Waals surface area contributed by atoms with E-state index >= 15 is 0 Å². The molecule has 0 saturated carbocycles. The molecule has 3 heterocycles. The minimum Gasteiger partial charge on any atom is -0.356 e. The molecule has 1 atom stereocenters. The van der Waals surface area contributed by atoms with Crippen molar-refractivity contribution in [1.29, 1.82) is 0 Å². The maximum atomic E-state index is 11.6. The summed E-state index contributed by atoms with van der Waals surface area (Å²) in [6, 6.07) is 2.52. The highest BCUT2D eigenvalue weighted by Crippen LogP contribution is 2.24. The summed E-state index contributed by atoms with van der Waals surface area (Å²) in [6.07, 6.45) is 4.65. The van der Waals surface area contributed by atoms with E-state index in [1.165, 1.54) is 0 Å². The van der Waals surface area contributed by atoms with Crippen LogP contribution in [0.5, 0.6) is 0 Å². The second-order valence-electron chi connectivity index (χ2n) is 6.93. The minimum atomic E-state index is -2.76. The van der Waals surface area contributed by atoms with Crippen LogP contribution in [-0.2, 0) is 9.84 Å². The number of sulfone groups is 1. The van der Waals surface area contributed by atoms with Crippen molar-refractivity contribution in [2.45, 2.75) is 32.2 Å². The first-order chi connectivity index (χ1) is 10.9. The fourth-order valence-corrected chi connectivity index (χ4v) is 5.54. The molecule has 0 amide bonds. The van der Waals surface area contributed by atoms with E-state index in [-0.39, 0.29) is 0 Å². The zero-order valence-corrected chi connectivity index (χ0v) is 14.8. The molecule has 128 valence electrons. The Labute approximate surface area is 138 Å². The van der Waals surface area contributed by atoms with E-state index < -0.39 is 9.84 Å². The highest BCUT2D eigenvalue weighted by Gasteiger charge is 2.31. The molecule has 0 bridgehead atoms. The van der Waals surface area contributed by atoms with Crippen LogP contribution in [0.4, 0.5) is 5.82 Å². The zero-order valence-electron chi connectivity index (χ0n) is 14.0. The van der Waals surface area contributed by atoms with Crippen LogP contribution in [-0.4, -0.2) is 67.5 Å². The van der Waals surface area contributed by atoms with Crippen molar-refractivity contribution >= 4 is 15.7 Å². The summed E-state index contributed by atoms with van der Waals surface area (Å²) < 4.78 is 23.1. The number of piperidine rings is 1. The van der Waals surface area contributed by atoms with Gasteiger partial charge in [-0.25, -0.2) is 18.4 Å². The molecule has 1 aromatic heterocycles. The Kier molecular flexibility index (Phi) is 4.87. The van der Waals surface area contributed by atoms with Crippen molar-refractivity contribution in [3.8, 4) is 0 Å². The van der Waals surface area contributed by atoms with Gasteiger partial charge in [-0.15, -0.1) is 0 Å². The summed E-state index contributed by atoms with van der Waals surface area (Å²) in [6.45, 7) is 4.99. The van der Waals surface area contributed by atoms with Crippen LogP contribution in [0.25, 0.3) is 0 Å². The standard InChI is InChI=1S/C16H26N4O2S/c1-13-9-16(18-12-17-13)19(2)15-3-6-20(7-4-15)10-14-5-8-23(21,22)11-14/h9,12,14-15H,3-8,10-11H2,1-2H3. The molecule has 23 heavy (non-hydrogen) atoms. The van der Waals surface area contributed by atoms with Gasteiger partial charge in [0, 0.05) is 44.5 Å². The normalized spacial score (nSPS) is 25.6. The second-order valence-corrected chi connectivity index (χ2v) is 9.16. The SMILES string of the molecule is Cc1cc(N(C)C2CCN(CC3CCS(=O)(=O)C3)CC2)ncn1. The van der Waals surface area contributed by atoms with Gasteiger partial charge in [-0.2, -0.15) is 0 Å². The number of rotatable bonds is 4. The number of aryl methyl sites for hydroxylation is 1. The van der Waals surface area contributed by atoms with Gasteiger partial charge in [0.2, 0.25) is 0 Å². The van der Waals surface area contributed by atoms with Gasteiger partial charge in [0.25, 0.3) is 0 Å². The van der Waals surface area contributed by atoms with E-state index in [0.717, 1.165) is 50.4 Å². The predicted molar refractivity (Wildman–Crippen MR) is 91.4 cm³/mol. The Morgan fingerprint density at radius 2 is 2.00 bits per heavy atom. The average molecular weight is 338 g/mol. The Hall–Kier alpha value is -1.21. The largest absolute Gasteiger partial charge is 0.356 e. The molecule has 2 fully saturated rings. The molecule has 0 N–H and O–H groups in total. The van der Waals surface area contributed by atoms with E-state index in [0.29, 0.717) is 23.5 Å². The summed E-state index contributed by atoms with van der Waals surface area (Å²) in [4.78, 5) is 13.2. The Morgan fingerprint density at radius 3 is 2.61 bits per heavy atom. The van der Waals surface area contributed by atoms with Crippen LogP contribution < -0.4 is 4.90 Å². The molecule has 0 aromatic carbocycles. The van der Waals surface area contributed by atoms with Gasteiger partial charge in [-0.1, -0.05) is 0 Å². The second kappa shape index (κ2) is 6.73. The van der Waals surface area contributed by atoms with E-state index in [9.17, 15) is 8.42 Å². The maximum Gasteiger partial charge on any atom is 0.150 e. The lowest BCUT2D eigenvalue weighted by molar-refractivity contribution is 0.187. The molecule has 6 nitrogen and oxygen atoms in total. The highest BCUT2D eigenvalue weighted by atomic mass is 32.2. The molecule has 1 unspecified atom stereocenters. The van der Waals surface area contributed by atoms with Crippen molar-refractivity contribution in [2.24, 2.45) is 5.92 Å². The Balaban J connectivity index is 1.50. The topological polar surface area (TPSA) is 66.4 Å². The number of nitrogens with zero attached hydrogens (tertiary/aromatic N) is 4. The number of anilines is 1. The van der Waals surface area contributed by atoms with E-state index in [1.807, 2.05) is 13.0 Å². The van der Waals surface area contributed by atoms with Gasteiger partial charge < -0.3 is 9.80 Å². The fourth-order valence-electron chi connectivity index (χ4n) is 3.69. The van der Waals surface area contributed by atoms with Crippen LogP contribution >= 0.6 is 0 Å². The first-order valence-electron chi connectivity index (χ1n) is 8.37. The van der Waals surface area contributed by atoms with Crippen LogP contribution in [0.1, 0.15) is 25.0 Å². The minimum absolute atomic E-state index is 0.332. The summed E-state index contributed by atoms with van der Waals surface area (Å²) in [7, 11) is -0.657. The van der Waals surface area contributed by atoms with Gasteiger partial charge >= 0.3 is 0 Å². The molecule has 0 aliphatic carbocycles.